The van der Waals surface area contributed by atoms with E-state index in [4.69, 9.17) is 9.84 Å². The molecule has 92 valence electrons. The van der Waals surface area contributed by atoms with Gasteiger partial charge >= 0.3 is 5.97 Å². The first-order valence-corrected chi connectivity index (χ1v) is 5.66. The van der Waals surface area contributed by atoms with Gasteiger partial charge in [0.15, 0.2) is 0 Å². The van der Waals surface area contributed by atoms with Crippen LogP contribution in [0.5, 0.6) is 0 Å². The standard InChI is InChI=1S/C11H19NO4/c1-3-16-8(2)6-12-7-9(11(14)15)4-5-10(12)13/h8-9H,3-7H2,1-2H3,(H,14,15). The molecule has 5 heteroatoms. The van der Waals surface area contributed by atoms with Crippen molar-refractivity contribution >= 4 is 11.9 Å². The maximum Gasteiger partial charge on any atom is 0.308 e. The number of hydrogen-bond acceptors (Lipinski definition) is 3. The predicted octanol–water partition coefficient (Wildman–Crippen LogP) is 0.735. The zero-order chi connectivity index (χ0) is 12.1. The molecule has 0 saturated carbocycles. The molecule has 0 bridgehead atoms. The molecule has 1 saturated heterocycles. The molecule has 0 aromatic heterocycles. The number of carbonyl (C=O) groups excluding carboxylic acids is 1. The molecule has 0 aromatic rings. The number of carboxylic acids is 1. The van der Waals surface area contributed by atoms with Crippen molar-refractivity contribution in [2.45, 2.75) is 32.8 Å². The predicted molar refractivity (Wildman–Crippen MR) is 58.0 cm³/mol. The first kappa shape index (κ1) is 13.0. The minimum Gasteiger partial charge on any atom is -0.481 e. The van der Waals surface area contributed by atoms with E-state index in [2.05, 4.69) is 0 Å². The summed E-state index contributed by atoms with van der Waals surface area (Å²) in [4.78, 5) is 24.0. The first-order valence-electron chi connectivity index (χ1n) is 5.66. The molecule has 5 nitrogen and oxygen atoms in total. The Morgan fingerprint density at radius 2 is 2.38 bits per heavy atom. The number of amides is 1. The first-order chi connectivity index (χ1) is 7.54. The number of nitrogens with zero attached hydrogens (tertiary/aromatic N) is 1. The van der Waals surface area contributed by atoms with Crippen molar-refractivity contribution in [1.29, 1.82) is 0 Å². The van der Waals surface area contributed by atoms with E-state index in [0.717, 1.165) is 0 Å². The minimum absolute atomic E-state index is 0.0315. The molecule has 2 atom stereocenters. The summed E-state index contributed by atoms with van der Waals surface area (Å²) in [6.07, 6.45) is 0.741. The lowest BCUT2D eigenvalue weighted by Gasteiger charge is -2.32. The second-order valence-electron chi connectivity index (χ2n) is 4.14. The molecule has 1 aliphatic heterocycles. The number of carboxylic acid groups (broad SMARTS) is 1. The van der Waals surface area contributed by atoms with Gasteiger partial charge in [-0.2, -0.15) is 0 Å². The summed E-state index contributed by atoms with van der Waals surface area (Å²) < 4.78 is 5.35. The Balaban J connectivity index is 2.49. The van der Waals surface area contributed by atoms with Crippen LogP contribution < -0.4 is 0 Å². The Morgan fingerprint density at radius 3 is 2.94 bits per heavy atom. The van der Waals surface area contributed by atoms with Gasteiger partial charge in [0.2, 0.25) is 5.91 Å². The van der Waals surface area contributed by atoms with E-state index in [-0.39, 0.29) is 12.0 Å². The van der Waals surface area contributed by atoms with E-state index in [1.807, 2.05) is 13.8 Å². The quantitative estimate of drug-likeness (QED) is 0.755. The van der Waals surface area contributed by atoms with Crippen LogP contribution in [-0.4, -0.2) is 47.7 Å². The molecule has 0 aromatic carbocycles. The van der Waals surface area contributed by atoms with E-state index in [9.17, 15) is 9.59 Å². The fourth-order valence-electron chi connectivity index (χ4n) is 1.94. The number of piperidine rings is 1. The van der Waals surface area contributed by atoms with Gasteiger partial charge in [0.05, 0.1) is 12.0 Å². The van der Waals surface area contributed by atoms with Crippen LogP contribution in [0.3, 0.4) is 0 Å². The van der Waals surface area contributed by atoms with Crippen LogP contribution in [-0.2, 0) is 14.3 Å². The number of ether oxygens (including phenoxy) is 1. The van der Waals surface area contributed by atoms with E-state index < -0.39 is 11.9 Å². The largest absolute Gasteiger partial charge is 0.481 e. The maximum atomic E-state index is 11.6. The van der Waals surface area contributed by atoms with Gasteiger partial charge in [-0.25, -0.2) is 0 Å². The highest BCUT2D eigenvalue weighted by Crippen LogP contribution is 2.18. The molecular formula is C11H19NO4. The van der Waals surface area contributed by atoms with Crippen molar-refractivity contribution in [2.24, 2.45) is 5.92 Å². The average Bonchev–Trinajstić information content (AvgIpc) is 2.21. The number of rotatable bonds is 5. The van der Waals surface area contributed by atoms with Gasteiger partial charge in [0.1, 0.15) is 0 Å². The molecule has 0 radical (unpaired) electrons. The second kappa shape index (κ2) is 5.84. The summed E-state index contributed by atoms with van der Waals surface area (Å²) in [5, 5.41) is 8.91. The summed E-state index contributed by atoms with van der Waals surface area (Å²) in [6, 6.07) is 0. The number of likely N-dealkylation sites (tertiary alicyclic amines) is 1. The van der Waals surface area contributed by atoms with E-state index >= 15 is 0 Å². The Morgan fingerprint density at radius 1 is 1.69 bits per heavy atom. The number of carbonyl (C=O) groups is 2. The molecule has 1 rings (SSSR count). The third-order valence-electron chi connectivity index (χ3n) is 2.78. The van der Waals surface area contributed by atoms with Crippen LogP contribution in [0, 0.1) is 5.92 Å². The van der Waals surface area contributed by atoms with Crippen molar-refractivity contribution in [2.75, 3.05) is 19.7 Å². The zero-order valence-corrected chi connectivity index (χ0v) is 9.81. The van der Waals surface area contributed by atoms with Crippen molar-refractivity contribution in [1.82, 2.24) is 4.90 Å². The van der Waals surface area contributed by atoms with Crippen molar-refractivity contribution in [3.05, 3.63) is 0 Å². The molecule has 16 heavy (non-hydrogen) atoms. The topological polar surface area (TPSA) is 66.8 Å². The van der Waals surface area contributed by atoms with Crippen LogP contribution in [0.15, 0.2) is 0 Å². The second-order valence-corrected chi connectivity index (χ2v) is 4.14. The van der Waals surface area contributed by atoms with Crippen molar-refractivity contribution < 1.29 is 19.4 Å². The maximum absolute atomic E-state index is 11.6. The van der Waals surface area contributed by atoms with Gasteiger partial charge in [-0.05, 0) is 20.3 Å². The lowest BCUT2D eigenvalue weighted by Crippen LogP contribution is -2.45. The van der Waals surface area contributed by atoms with E-state index in [1.54, 1.807) is 4.90 Å². The van der Waals surface area contributed by atoms with Gasteiger partial charge in [0.25, 0.3) is 0 Å². The Hall–Kier alpha value is -1.10. The lowest BCUT2D eigenvalue weighted by molar-refractivity contribution is -0.148. The summed E-state index contributed by atoms with van der Waals surface area (Å²) in [7, 11) is 0. The molecule has 1 N–H and O–H groups in total. The third-order valence-corrected chi connectivity index (χ3v) is 2.78. The van der Waals surface area contributed by atoms with Crippen LogP contribution in [0.4, 0.5) is 0 Å². The van der Waals surface area contributed by atoms with Crippen molar-refractivity contribution in [3.8, 4) is 0 Å². The molecular weight excluding hydrogens is 210 g/mol. The number of hydrogen-bond donors (Lipinski definition) is 1. The highest BCUT2D eigenvalue weighted by atomic mass is 16.5. The monoisotopic (exact) mass is 229 g/mol. The van der Waals surface area contributed by atoms with Gasteiger partial charge in [-0.1, -0.05) is 0 Å². The van der Waals surface area contributed by atoms with Crippen LogP contribution in [0.2, 0.25) is 0 Å². The van der Waals surface area contributed by atoms with Gasteiger partial charge in [-0.3, -0.25) is 9.59 Å². The Bertz CT molecular complexity index is 267. The van der Waals surface area contributed by atoms with Crippen LogP contribution in [0.25, 0.3) is 0 Å². The fourth-order valence-corrected chi connectivity index (χ4v) is 1.94. The molecule has 1 aliphatic rings. The normalized spacial score (nSPS) is 23.2. The fraction of sp³-hybridized carbons (Fsp3) is 0.818. The third kappa shape index (κ3) is 3.48. The van der Waals surface area contributed by atoms with Crippen molar-refractivity contribution in [3.63, 3.8) is 0 Å². The molecule has 0 aliphatic carbocycles. The summed E-state index contributed by atoms with van der Waals surface area (Å²) in [6.45, 7) is 5.18. The molecule has 1 heterocycles. The zero-order valence-electron chi connectivity index (χ0n) is 9.81. The molecule has 1 fully saturated rings. The SMILES string of the molecule is CCOC(C)CN1CC(C(=O)O)CCC1=O. The number of aliphatic carboxylic acids is 1. The average molecular weight is 229 g/mol. The highest BCUT2D eigenvalue weighted by Gasteiger charge is 2.30. The molecule has 2 unspecified atom stereocenters. The smallest absolute Gasteiger partial charge is 0.308 e. The van der Waals surface area contributed by atoms with Gasteiger partial charge < -0.3 is 14.7 Å². The van der Waals surface area contributed by atoms with E-state index in [0.29, 0.717) is 32.5 Å². The van der Waals surface area contributed by atoms with Gasteiger partial charge in [-0.15, -0.1) is 0 Å². The highest BCUT2D eigenvalue weighted by molar-refractivity contribution is 5.80. The van der Waals surface area contributed by atoms with Crippen LogP contribution >= 0.6 is 0 Å². The summed E-state index contributed by atoms with van der Waals surface area (Å²) in [5.41, 5.74) is 0. The Labute approximate surface area is 95.4 Å². The molecule has 1 amide bonds. The summed E-state index contributed by atoms with van der Waals surface area (Å²) in [5.74, 6) is -1.21. The minimum atomic E-state index is -0.818. The molecule has 0 spiro atoms. The lowest BCUT2D eigenvalue weighted by atomic mass is 9.97. The van der Waals surface area contributed by atoms with E-state index in [1.165, 1.54) is 0 Å². The van der Waals surface area contributed by atoms with Crippen LogP contribution in [0.1, 0.15) is 26.7 Å². The Kier molecular flexibility index (Phi) is 4.73. The summed E-state index contributed by atoms with van der Waals surface area (Å²) >= 11 is 0. The van der Waals surface area contributed by atoms with Gasteiger partial charge in [0, 0.05) is 26.1 Å².